The number of aromatic nitrogens is 2. The van der Waals surface area contributed by atoms with Crippen molar-refractivity contribution >= 4 is 11.6 Å². The highest BCUT2D eigenvalue weighted by Gasteiger charge is 2.25. The van der Waals surface area contributed by atoms with Crippen LogP contribution in [0.3, 0.4) is 0 Å². The van der Waals surface area contributed by atoms with Gasteiger partial charge in [-0.3, -0.25) is 9.69 Å². The first-order chi connectivity index (χ1) is 11.2. The summed E-state index contributed by atoms with van der Waals surface area (Å²) in [5.74, 6) is 1.11. The van der Waals surface area contributed by atoms with Gasteiger partial charge in [0.15, 0.2) is 5.82 Å². The van der Waals surface area contributed by atoms with Crippen LogP contribution in [-0.4, -0.2) is 34.5 Å². The Balaban J connectivity index is 1.95. The Kier molecular flexibility index (Phi) is 5.39. The Morgan fingerprint density at radius 3 is 2.46 bits per heavy atom. The molecule has 0 unspecified atom stereocenters. The van der Waals surface area contributed by atoms with Gasteiger partial charge in [0.1, 0.15) is 0 Å². The lowest BCUT2D eigenvalue weighted by Gasteiger charge is -2.21. The molecule has 24 heavy (non-hydrogen) atoms. The first kappa shape index (κ1) is 18.1. The Hall–Kier alpha value is -2.21. The monoisotopic (exact) mass is 330 g/mol. The van der Waals surface area contributed by atoms with Crippen LogP contribution in [0.4, 0.5) is 5.69 Å². The lowest BCUT2D eigenvalue weighted by molar-refractivity contribution is -0.117. The first-order valence-corrected chi connectivity index (χ1v) is 8.07. The lowest BCUT2D eigenvalue weighted by atomic mass is 9.96. The molecule has 0 bridgehead atoms. The van der Waals surface area contributed by atoms with Crippen LogP contribution in [-0.2, 0) is 10.2 Å². The average molecular weight is 330 g/mol. The molecule has 0 radical (unpaired) electrons. The van der Waals surface area contributed by atoms with Crippen molar-refractivity contribution in [3.63, 3.8) is 0 Å². The third-order valence-electron chi connectivity index (χ3n) is 3.86. The van der Waals surface area contributed by atoms with E-state index < -0.39 is 0 Å². The van der Waals surface area contributed by atoms with Gasteiger partial charge in [0.2, 0.25) is 11.8 Å². The van der Waals surface area contributed by atoms with Crippen LogP contribution in [0, 0.1) is 6.92 Å². The third kappa shape index (κ3) is 4.64. The fourth-order valence-corrected chi connectivity index (χ4v) is 2.10. The zero-order valence-corrected chi connectivity index (χ0v) is 15.3. The number of benzene rings is 1. The summed E-state index contributed by atoms with van der Waals surface area (Å²) in [6.07, 6.45) is 0. The quantitative estimate of drug-likeness (QED) is 0.910. The molecular weight excluding hydrogens is 304 g/mol. The molecule has 0 spiro atoms. The summed E-state index contributed by atoms with van der Waals surface area (Å²) in [7, 11) is 1.86. The topological polar surface area (TPSA) is 71.3 Å². The predicted molar refractivity (Wildman–Crippen MR) is 93.9 cm³/mol. The summed E-state index contributed by atoms with van der Waals surface area (Å²) >= 11 is 0. The molecule has 0 aliphatic carbocycles. The molecule has 2 rings (SSSR count). The number of amides is 1. The molecule has 1 N–H and O–H groups in total. The zero-order valence-electron chi connectivity index (χ0n) is 15.3. The van der Waals surface area contributed by atoms with E-state index in [2.05, 4.69) is 15.5 Å². The minimum atomic E-state index is -0.164. The van der Waals surface area contributed by atoms with Crippen molar-refractivity contribution in [1.29, 1.82) is 0 Å². The van der Waals surface area contributed by atoms with Crippen LogP contribution in [0.2, 0.25) is 0 Å². The second-order valence-corrected chi connectivity index (χ2v) is 7.21. The van der Waals surface area contributed by atoms with E-state index in [1.807, 2.05) is 70.8 Å². The predicted octanol–water partition coefficient (Wildman–Crippen LogP) is 3.31. The second-order valence-electron chi connectivity index (χ2n) is 7.21. The standard InChI is InChI=1S/C18H26N4O2/c1-12-7-9-14(10-8-12)19-15(23)11-22(6)13(2)16-20-17(21-24-16)18(3,4)5/h7-10,13H,11H2,1-6H3,(H,19,23)/t13-/m0/s1. The first-order valence-electron chi connectivity index (χ1n) is 8.07. The van der Waals surface area contributed by atoms with E-state index in [0.29, 0.717) is 11.7 Å². The van der Waals surface area contributed by atoms with Gasteiger partial charge >= 0.3 is 0 Å². The van der Waals surface area contributed by atoms with Crippen LogP contribution in [0.15, 0.2) is 28.8 Å². The Morgan fingerprint density at radius 1 is 1.29 bits per heavy atom. The zero-order chi connectivity index (χ0) is 17.9. The van der Waals surface area contributed by atoms with Crippen molar-refractivity contribution < 1.29 is 9.32 Å². The number of hydrogen-bond donors (Lipinski definition) is 1. The molecule has 130 valence electrons. The van der Waals surface area contributed by atoms with Crippen molar-refractivity contribution in [1.82, 2.24) is 15.0 Å². The van der Waals surface area contributed by atoms with Gasteiger partial charge in [0.05, 0.1) is 12.6 Å². The molecule has 1 heterocycles. The normalized spacial score (nSPS) is 13.1. The van der Waals surface area contributed by atoms with Crippen molar-refractivity contribution in [2.24, 2.45) is 0 Å². The van der Waals surface area contributed by atoms with Crippen molar-refractivity contribution in [2.45, 2.75) is 46.1 Å². The minimum Gasteiger partial charge on any atom is -0.338 e. The van der Waals surface area contributed by atoms with Crippen LogP contribution in [0.5, 0.6) is 0 Å². The van der Waals surface area contributed by atoms with Gasteiger partial charge in [-0.15, -0.1) is 0 Å². The number of nitrogens with zero attached hydrogens (tertiary/aromatic N) is 3. The van der Waals surface area contributed by atoms with E-state index in [-0.39, 0.29) is 23.9 Å². The molecule has 1 aromatic carbocycles. The molecular formula is C18H26N4O2. The van der Waals surface area contributed by atoms with Crippen molar-refractivity contribution in [3.05, 3.63) is 41.5 Å². The van der Waals surface area contributed by atoms with Crippen LogP contribution >= 0.6 is 0 Å². The van der Waals surface area contributed by atoms with E-state index >= 15 is 0 Å². The fourth-order valence-electron chi connectivity index (χ4n) is 2.10. The van der Waals surface area contributed by atoms with Gasteiger partial charge in [-0.25, -0.2) is 0 Å². The van der Waals surface area contributed by atoms with E-state index in [1.165, 1.54) is 0 Å². The summed E-state index contributed by atoms with van der Waals surface area (Å²) in [4.78, 5) is 18.5. The Labute approximate surface area is 143 Å². The summed E-state index contributed by atoms with van der Waals surface area (Å²) in [5.41, 5.74) is 1.78. The number of carbonyl (C=O) groups excluding carboxylic acids is 1. The van der Waals surface area contributed by atoms with Crippen molar-refractivity contribution in [3.8, 4) is 0 Å². The molecule has 1 amide bonds. The van der Waals surface area contributed by atoms with Crippen LogP contribution in [0.25, 0.3) is 0 Å². The van der Waals surface area contributed by atoms with Gasteiger partial charge in [0, 0.05) is 11.1 Å². The van der Waals surface area contributed by atoms with E-state index in [4.69, 9.17) is 4.52 Å². The van der Waals surface area contributed by atoms with E-state index in [1.54, 1.807) is 0 Å². The highest BCUT2D eigenvalue weighted by Crippen LogP contribution is 2.23. The maximum absolute atomic E-state index is 12.2. The van der Waals surface area contributed by atoms with Gasteiger partial charge in [-0.2, -0.15) is 4.98 Å². The molecule has 0 saturated heterocycles. The molecule has 0 aliphatic rings. The summed E-state index contributed by atoms with van der Waals surface area (Å²) in [6, 6.07) is 7.58. The van der Waals surface area contributed by atoms with E-state index in [9.17, 15) is 4.79 Å². The maximum atomic E-state index is 12.2. The number of aryl methyl sites for hydroxylation is 1. The molecule has 1 aromatic heterocycles. The molecule has 0 aliphatic heterocycles. The molecule has 6 heteroatoms. The third-order valence-corrected chi connectivity index (χ3v) is 3.86. The molecule has 0 saturated carbocycles. The number of carbonyl (C=O) groups is 1. The van der Waals surface area contributed by atoms with Gasteiger partial charge < -0.3 is 9.84 Å². The molecule has 1 atom stereocenters. The number of likely N-dealkylation sites (N-methyl/N-ethyl adjacent to an activating group) is 1. The van der Waals surface area contributed by atoms with Gasteiger partial charge in [0.25, 0.3) is 0 Å². The van der Waals surface area contributed by atoms with Crippen LogP contribution < -0.4 is 5.32 Å². The van der Waals surface area contributed by atoms with Crippen molar-refractivity contribution in [2.75, 3.05) is 18.9 Å². The molecule has 0 fully saturated rings. The smallest absolute Gasteiger partial charge is 0.243 e. The summed E-state index contributed by atoms with van der Waals surface area (Å²) < 4.78 is 5.35. The summed E-state index contributed by atoms with van der Waals surface area (Å²) in [5, 5.41) is 6.92. The van der Waals surface area contributed by atoms with Gasteiger partial charge in [-0.05, 0) is 33.0 Å². The number of anilines is 1. The Morgan fingerprint density at radius 2 is 1.92 bits per heavy atom. The second kappa shape index (κ2) is 7.13. The minimum absolute atomic E-state index is 0.0798. The highest BCUT2D eigenvalue weighted by atomic mass is 16.5. The summed E-state index contributed by atoms with van der Waals surface area (Å²) in [6.45, 7) is 10.3. The highest BCUT2D eigenvalue weighted by molar-refractivity contribution is 5.92. The number of nitrogens with one attached hydrogen (secondary N) is 1. The van der Waals surface area contributed by atoms with Crippen LogP contribution in [0.1, 0.15) is 51.0 Å². The fraction of sp³-hybridized carbons (Fsp3) is 0.500. The molecule has 2 aromatic rings. The Bertz CT molecular complexity index is 686. The number of hydrogen-bond acceptors (Lipinski definition) is 5. The lowest BCUT2D eigenvalue weighted by Crippen LogP contribution is -2.32. The van der Waals surface area contributed by atoms with Gasteiger partial charge in [-0.1, -0.05) is 43.6 Å². The SMILES string of the molecule is Cc1ccc(NC(=O)CN(C)[C@@H](C)c2nc(C(C)(C)C)no2)cc1. The molecule has 6 nitrogen and oxygen atoms in total. The maximum Gasteiger partial charge on any atom is 0.243 e. The largest absolute Gasteiger partial charge is 0.338 e. The van der Waals surface area contributed by atoms with E-state index in [0.717, 1.165) is 11.3 Å². The average Bonchev–Trinajstić information content (AvgIpc) is 2.98. The number of rotatable bonds is 5.